The van der Waals surface area contributed by atoms with Crippen molar-refractivity contribution in [2.24, 2.45) is 5.73 Å². The molecule has 0 unspecified atom stereocenters. The molecule has 1 atom stereocenters. The number of methoxy groups -OCH3 is 1. The van der Waals surface area contributed by atoms with Gasteiger partial charge < -0.3 is 15.5 Å². The highest BCUT2D eigenvalue weighted by molar-refractivity contribution is 5.74. The van der Waals surface area contributed by atoms with E-state index in [4.69, 9.17) is 10.5 Å². The number of fused-ring (bicyclic) bond motifs is 1. The molecule has 0 aliphatic carbocycles. The Bertz CT molecular complexity index is 670. The van der Waals surface area contributed by atoms with Crippen LogP contribution in [-0.2, 0) is 6.42 Å². The largest absolute Gasteiger partial charge is 0.497 e. The van der Waals surface area contributed by atoms with E-state index in [1.807, 2.05) is 48.5 Å². The molecule has 0 amide bonds. The lowest BCUT2D eigenvalue weighted by Crippen LogP contribution is -2.14. The molecule has 0 saturated heterocycles. The Morgan fingerprint density at radius 2 is 1.90 bits per heavy atom. The molecule has 1 aromatic heterocycles. The van der Waals surface area contributed by atoms with Crippen molar-refractivity contribution in [1.82, 2.24) is 9.97 Å². The second-order valence-corrected chi connectivity index (χ2v) is 4.80. The Hall–Kier alpha value is -2.33. The van der Waals surface area contributed by atoms with Crippen molar-refractivity contribution in [3.05, 3.63) is 59.9 Å². The lowest BCUT2D eigenvalue weighted by molar-refractivity contribution is 0.414. The quantitative estimate of drug-likeness (QED) is 0.764. The molecule has 0 aliphatic rings. The van der Waals surface area contributed by atoms with E-state index < -0.39 is 0 Å². The molecule has 4 heteroatoms. The van der Waals surface area contributed by atoms with Gasteiger partial charge in [-0.05, 0) is 36.2 Å². The second-order valence-electron chi connectivity index (χ2n) is 4.80. The normalized spacial score (nSPS) is 12.5. The van der Waals surface area contributed by atoms with Gasteiger partial charge >= 0.3 is 0 Å². The zero-order valence-electron chi connectivity index (χ0n) is 11.3. The maximum absolute atomic E-state index is 6.24. The summed E-state index contributed by atoms with van der Waals surface area (Å²) < 4.78 is 5.15. The van der Waals surface area contributed by atoms with Gasteiger partial charge in [0.05, 0.1) is 24.2 Å². The van der Waals surface area contributed by atoms with Crippen LogP contribution in [0.5, 0.6) is 5.75 Å². The average molecular weight is 267 g/mol. The molecule has 0 saturated carbocycles. The van der Waals surface area contributed by atoms with Crippen LogP contribution in [0.4, 0.5) is 0 Å². The summed E-state index contributed by atoms with van der Waals surface area (Å²) in [6.07, 6.45) is 0.740. The maximum atomic E-state index is 6.24. The first-order valence-corrected chi connectivity index (χ1v) is 6.59. The molecule has 0 aliphatic heterocycles. The summed E-state index contributed by atoms with van der Waals surface area (Å²) in [6, 6.07) is 15.8. The van der Waals surface area contributed by atoms with Crippen molar-refractivity contribution in [3.8, 4) is 5.75 Å². The van der Waals surface area contributed by atoms with Crippen molar-refractivity contribution in [2.75, 3.05) is 7.11 Å². The van der Waals surface area contributed by atoms with E-state index in [0.29, 0.717) is 0 Å². The van der Waals surface area contributed by atoms with E-state index in [1.54, 1.807) is 7.11 Å². The standard InChI is InChI=1S/C16H17N3O/c1-20-12-8-6-11(7-9-12)10-13(17)16-18-14-4-2-3-5-15(14)19-16/h2-9,13H,10,17H2,1H3,(H,18,19)/t13-/m0/s1. The Morgan fingerprint density at radius 1 is 1.15 bits per heavy atom. The summed E-state index contributed by atoms with van der Waals surface area (Å²) >= 11 is 0. The Morgan fingerprint density at radius 3 is 2.60 bits per heavy atom. The predicted octanol–water partition coefficient (Wildman–Crippen LogP) is 2.81. The lowest BCUT2D eigenvalue weighted by atomic mass is 10.1. The number of nitrogens with two attached hydrogens (primary N) is 1. The zero-order chi connectivity index (χ0) is 13.9. The van der Waals surface area contributed by atoms with Crippen LogP contribution in [0.1, 0.15) is 17.4 Å². The molecule has 1 heterocycles. The summed E-state index contributed by atoms with van der Waals surface area (Å²) in [5.74, 6) is 1.67. The van der Waals surface area contributed by atoms with Gasteiger partial charge in [0, 0.05) is 0 Å². The van der Waals surface area contributed by atoms with Crippen LogP contribution in [0, 0.1) is 0 Å². The number of imidazole rings is 1. The number of H-pyrrole nitrogens is 1. The molecule has 4 nitrogen and oxygen atoms in total. The van der Waals surface area contributed by atoms with Crippen LogP contribution in [0.3, 0.4) is 0 Å². The van der Waals surface area contributed by atoms with E-state index in [-0.39, 0.29) is 6.04 Å². The van der Waals surface area contributed by atoms with E-state index >= 15 is 0 Å². The van der Waals surface area contributed by atoms with E-state index in [9.17, 15) is 0 Å². The minimum absolute atomic E-state index is 0.143. The molecule has 0 spiro atoms. The third kappa shape index (κ3) is 2.51. The smallest absolute Gasteiger partial charge is 0.124 e. The van der Waals surface area contributed by atoms with Crippen LogP contribution in [0.25, 0.3) is 11.0 Å². The van der Waals surface area contributed by atoms with Gasteiger partial charge in [0.15, 0.2) is 0 Å². The van der Waals surface area contributed by atoms with Crippen LogP contribution in [0.15, 0.2) is 48.5 Å². The third-order valence-corrected chi connectivity index (χ3v) is 3.37. The first kappa shape index (κ1) is 12.7. The topological polar surface area (TPSA) is 63.9 Å². The first-order chi connectivity index (χ1) is 9.76. The first-order valence-electron chi connectivity index (χ1n) is 6.59. The number of nitrogens with one attached hydrogen (secondary N) is 1. The van der Waals surface area contributed by atoms with Gasteiger partial charge in [-0.25, -0.2) is 4.98 Å². The summed E-state index contributed by atoms with van der Waals surface area (Å²) in [4.78, 5) is 7.81. The summed E-state index contributed by atoms with van der Waals surface area (Å²) in [6.45, 7) is 0. The summed E-state index contributed by atoms with van der Waals surface area (Å²) in [5.41, 5.74) is 9.37. The van der Waals surface area contributed by atoms with Crippen molar-refractivity contribution < 1.29 is 4.74 Å². The number of ether oxygens (including phenoxy) is 1. The number of aromatic amines is 1. The van der Waals surface area contributed by atoms with Gasteiger partial charge in [-0.1, -0.05) is 24.3 Å². The molecular weight excluding hydrogens is 250 g/mol. The number of benzene rings is 2. The molecule has 3 rings (SSSR count). The Balaban J connectivity index is 1.79. The lowest BCUT2D eigenvalue weighted by Gasteiger charge is -2.09. The van der Waals surface area contributed by atoms with Gasteiger partial charge in [0.1, 0.15) is 11.6 Å². The summed E-state index contributed by atoms with van der Waals surface area (Å²) in [7, 11) is 1.66. The Kier molecular flexibility index (Phi) is 3.39. The fourth-order valence-electron chi connectivity index (χ4n) is 2.26. The highest BCUT2D eigenvalue weighted by Crippen LogP contribution is 2.19. The Labute approximate surface area is 117 Å². The van der Waals surface area contributed by atoms with Gasteiger partial charge in [0.25, 0.3) is 0 Å². The number of rotatable bonds is 4. The molecule has 0 bridgehead atoms. The average Bonchev–Trinajstić information content (AvgIpc) is 2.92. The summed E-state index contributed by atoms with van der Waals surface area (Å²) in [5, 5.41) is 0. The maximum Gasteiger partial charge on any atom is 0.124 e. The zero-order valence-corrected chi connectivity index (χ0v) is 11.3. The van der Waals surface area contributed by atoms with Crippen molar-refractivity contribution >= 4 is 11.0 Å². The monoisotopic (exact) mass is 267 g/mol. The third-order valence-electron chi connectivity index (χ3n) is 3.37. The highest BCUT2D eigenvalue weighted by Gasteiger charge is 2.11. The molecule has 102 valence electrons. The van der Waals surface area contributed by atoms with Gasteiger partial charge in [-0.3, -0.25) is 0 Å². The molecule has 20 heavy (non-hydrogen) atoms. The molecule has 0 radical (unpaired) electrons. The number of nitrogens with zero attached hydrogens (tertiary/aromatic N) is 1. The van der Waals surface area contributed by atoms with Gasteiger partial charge in [-0.15, -0.1) is 0 Å². The van der Waals surface area contributed by atoms with E-state index in [2.05, 4.69) is 9.97 Å². The molecule has 3 aromatic rings. The number of aromatic nitrogens is 2. The fraction of sp³-hybridized carbons (Fsp3) is 0.188. The number of hydrogen-bond acceptors (Lipinski definition) is 3. The van der Waals surface area contributed by atoms with Crippen molar-refractivity contribution in [3.63, 3.8) is 0 Å². The van der Waals surface area contributed by atoms with Crippen LogP contribution in [0.2, 0.25) is 0 Å². The molecule has 0 fully saturated rings. The van der Waals surface area contributed by atoms with E-state index in [1.165, 1.54) is 5.56 Å². The van der Waals surface area contributed by atoms with Crippen LogP contribution < -0.4 is 10.5 Å². The molecule has 2 aromatic carbocycles. The highest BCUT2D eigenvalue weighted by atomic mass is 16.5. The number of hydrogen-bond donors (Lipinski definition) is 2. The van der Waals surface area contributed by atoms with Crippen LogP contribution in [-0.4, -0.2) is 17.1 Å². The van der Waals surface area contributed by atoms with Gasteiger partial charge in [0.2, 0.25) is 0 Å². The van der Waals surface area contributed by atoms with Crippen molar-refractivity contribution in [2.45, 2.75) is 12.5 Å². The molecule has 3 N–H and O–H groups in total. The minimum atomic E-state index is -0.143. The molecular formula is C16H17N3O. The van der Waals surface area contributed by atoms with Crippen LogP contribution >= 0.6 is 0 Å². The SMILES string of the molecule is COc1ccc(C[C@H](N)c2nc3ccccc3[nH]2)cc1. The minimum Gasteiger partial charge on any atom is -0.497 e. The fourth-order valence-corrected chi connectivity index (χ4v) is 2.26. The predicted molar refractivity (Wildman–Crippen MR) is 79.7 cm³/mol. The van der Waals surface area contributed by atoms with Gasteiger partial charge in [-0.2, -0.15) is 0 Å². The van der Waals surface area contributed by atoms with E-state index in [0.717, 1.165) is 29.0 Å². The second kappa shape index (κ2) is 5.35. The number of para-hydroxylation sites is 2. The van der Waals surface area contributed by atoms with Crippen molar-refractivity contribution in [1.29, 1.82) is 0 Å².